The number of ether oxygens (including phenoxy) is 1. The number of carbonyl (C=O) groups excluding carboxylic acids is 1. The van der Waals surface area contributed by atoms with Crippen molar-refractivity contribution in [2.45, 2.75) is 70.6 Å². The maximum absolute atomic E-state index is 12.7. The molecule has 2 N–H and O–H groups in total. The van der Waals surface area contributed by atoms with Crippen LogP contribution >= 0.6 is 11.3 Å². The molecule has 3 aliphatic rings. The third kappa shape index (κ3) is 6.49. The Hall–Kier alpha value is -2.37. The first-order chi connectivity index (χ1) is 17.5. The van der Waals surface area contributed by atoms with Crippen molar-refractivity contribution in [3.8, 4) is 0 Å². The van der Waals surface area contributed by atoms with Crippen LogP contribution in [0.25, 0.3) is 0 Å². The zero-order valence-corrected chi connectivity index (χ0v) is 22.1. The molecule has 1 aliphatic carbocycles. The van der Waals surface area contributed by atoms with Gasteiger partial charge in [0.05, 0.1) is 19.1 Å². The van der Waals surface area contributed by atoms with E-state index in [9.17, 15) is 4.79 Å². The average molecular weight is 515 g/mol. The molecule has 2 aromatic rings. The summed E-state index contributed by atoms with van der Waals surface area (Å²) in [6, 6.07) is 4.75. The van der Waals surface area contributed by atoms with Crippen molar-refractivity contribution in [1.29, 1.82) is 0 Å². The van der Waals surface area contributed by atoms with E-state index in [1.165, 1.54) is 37.0 Å². The lowest BCUT2D eigenvalue weighted by atomic mass is 9.79. The fourth-order valence-electron chi connectivity index (χ4n) is 5.76. The predicted octanol–water partition coefficient (Wildman–Crippen LogP) is 3.26. The molecule has 3 fully saturated rings. The highest BCUT2D eigenvalue weighted by Crippen LogP contribution is 2.33. The van der Waals surface area contributed by atoms with Crippen LogP contribution in [-0.4, -0.2) is 82.2 Å². The van der Waals surface area contributed by atoms with Gasteiger partial charge in [0, 0.05) is 44.5 Å². The average Bonchev–Trinajstić information content (AvgIpc) is 3.54. The monoisotopic (exact) mass is 514 g/mol. The molecule has 10 nitrogen and oxygen atoms in total. The van der Waals surface area contributed by atoms with Gasteiger partial charge in [-0.2, -0.15) is 5.10 Å². The Bertz CT molecular complexity index is 981. The van der Waals surface area contributed by atoms with E-state index >= 15 is 0 Å². The fourth-order valence-corrected chi connectivity index (χ4v) is 6.50. The van der Waals surface area contributed by atoms with Crippen molar-refractivity contribution in [2.75, 3.05) is 48.3 Å². The molecule has 36 heavy (non-hydrogen) atoms. The first kappa shape index (κ1) is 25.3. The maximum Gasteiger partial charge on any atom is 0.228 e. The van der Waals surface area contributed by atoms with Crippen LogP contribution in [-0.2, 0) is 9.53 Å². The summed E-state index contributed by atoms with van der Waals surface area (Å²) in [5.41, 5.74) is 0. The Morgan fingerprint density at radius 3 is 2.72 bits per heavy atom. The Labute approximate surface area is 217 Å². The van der Waals surface area contributed by atoms with E-state index in [0.29, 0.717) is 29.3 Å². The van der Waals surface area contributed by atoms with Crippen LogP contribution in [0, 0.1) is 11.8 Å². The zero-order valence-electron chi connectivity index (χ0n) is 21.3. The minimum atomic E-state index is -0.0716. The molecule has 0 radical (unpaired) electrons. The maximum atomic E-state index is 12.7. The third-order valence-corrected chi connectivity index (χ3v) is 8.62. The number of rotatable bonds is 8. The Balaban J connectivity index is 1.05. The minimum absolute atomic E-state index is 0.0669. The van der Waals surface area contributed by atoms with Gasteiger partial charge in [-0.1, -0.05) is 25.2 Å². The molecular weight excluding hydrogens is 476 g/mol. The van der Waals surface area contributed by atoms with Gasteiger partial charge in [-0.25, -0.2) is 0 Å². The molecule has 1 saturated carbocycles. The molecule has 2 atom stereocenters. The second-order valence-electron chi connectivity index (χ2n) is 10.6. The normalized spacial score (nSPS) is 27.4. The van der Waals surface area contributed by atoms with Crippen LogP contribution < -0.4 is 15.5 Å². The molecule has 2 aromatic heterocycles. The van der Waals surface area contributed by atoms with E-state index in [-0.39, 0.29) is 18.1 Å². The number of hydrogen-bond acceptors (Lipinski definition) is 10. The SMILES string of the molecule is CC(C)C1CCC(N2CCO[C@H](CC(=O)Nc3nnc(N[C@@H]4CCN(c5cccnn5)C4)s3)C2)CC1. The van der Waals surface area contributed by atoms with E-state index < -0.39 is 0 Å². The molecule has 0 spiro atoms. The highest BCUT2D eigenvalue weighted by atomic mass is 32.1. The van der Waals surface area contributed by atoms with Crippen LogP contribution in [0.15, 0.2) is 18.3 Å². The quantitative estimate of drug-likeness (QED) is 0.549. The number of nitrogens with zero attached hydrogens (tertiary/aromatic N) is 6. The van der Waals surface area contributed by atoms with Gasteiger partial charge in [-0.15, -0.1) is 15.3 Å². The molecule has 0 bridgehead atoms. The van der Waals surface area contributed by atoms with Crippen molar-refractivity contribution in [3.05, 3.63) is 18.3 Å². The Morgan fingerprint density at radius 2 is 1.94 bits per heavy atom. The largest absolute Gasteiger partial charge is 0.375 e. The number of amides is 1. The van der Waals surface area contributed by atoms with Crippen molar-refractivity contribution in [1.82, 2.24) is 25.3 Å². The fraction of sp³-hybridized carbons (Fsp3) is 0.720. The summed E-state index contributed by atoms with van der Waals surface area (Å²) in [5.74, 6) is 2.46. The Morgan fingerprint density at radius 1 is 1.11 bits per heavy atom. The predicted molar refractivity (Wildman–Crippen MR) is 141 cm³/mol. The number of morpholine rings is 1. The summed E-state index contributed by atoms with van der Waals surface area (Å²) in [4.78, 5) is 17.5. The number of anilines is 3. The molecule has 4 heterocycles. The standard InChI is InChI=1S/C25H38N8O2S/c1-17(2)18-5-7-20(8-6-18)32-12-13-35-21(16-32)14-23(34)28-25-31-30-24(36-25)27-19-9-11-33(15-19)22-4-3-10-26-29-22/h3-4,10,17-21H,5-9,11-16H2,1-2H3,(H,27,30)(H,28,31,34)/t18?,19-,20?,21-/m1/s1. The first-order valence-electron chi connectivity index (χ1n) is 13.3. The van der Waals surface area contributed by atoms with Gasteiger partial charge in [0.25, 0.3) is 0 Å². The smallest absolute Gasteiger partial charge is 0.228 e. The minimum Gasteiger partial charge on any atom is -0.375 e. The lowest BCUT2D eigenvalue weighted by Gasteiger charge is -2.41. The second kappa shape index (κ2) is 11.8. The van der Waals surface area contributed by atoms with Crippen LogP contribution in [0.2, 0.25) is 0 Å². The van der Waals surface area contributed by atoms with Gasteiger partial charge in [0.2, 0.25) is 16.2 Å². The number of hydrogen-bond donors (Lipinski definition) is 2. The van der Waals surface area contributed by atoms with Gasteiger partial charge < -0.3 is 20.3 Å². The molecule has 2 saturated heterocycles. The van der Waals surface area contributed by atoms with Crippen LogP contribution in [0.3, 0.4) is 0 Å². The van der Waals surface area contributed by atoms with E-state index in [1.54, 1.807) is 6.20 Å². The summed E-state index contributed by atoms with van der Waals surface area (Å²) in [6.07, 6.45) is 8.09. The van der Waals surface area contributed by atoms with Crippen molar-refractivity contribution < 1.29 is 9.53 Å². The molecule has 196 valence electrons. The first-order valence-corrected chi connectivity index (χ1v) is 14.1. The molecule has 11 heteroatoms. The summed E-state index contributed by atoms with van der Waals surface area (Å²) in [5, 5.41) is 24.1. The van der Waals surface area contributed by atoms with E-state index in [2.05, 4.69) is 54.7 Å². The van der Waals surface area contributed by atoms with Crippen molar-refractivity contribution in [2.24, 2.45) is 11.8 Å². The second-order valence-corrected chi connectivity index (χ2v) is 11.6. The van der Waals surface area contributed by atoms with Gasteiger partial charge >= 0.3 is 0 Å². The molecule has 5 rings (SSSR count). The molecule has 0 unspecified atom stereocenters. The lowest BCUT2D eigenvalue weighted by molar-refractivity contribution is -0.122. The summed E-state index contributed by atoms with van der Waals surface area (Å²) >= 11 is 1.37. The zero-order chi connectivity index (χ0) is 24.9. The van der Waals surface area contributed by atoms with Crippen molar-refractivity contribution >= 4 is 33.3 Å². The van der Waals surface area contributed by atoms with E-state index in [0.717, 1.165) is 50.3 Å². The number of aromatic nitrogens is 4. The Kier molecular flexibility index (Phi) is 8.28. The van der Waals surface area contributed by atoms with Crippen LogP contribution in [0.1, 0.15) is 52.4 Å². The molecule has 0 aromatic carbocycles. The van der Waals surface area contributed by atoms with Gasteiger partial charge in [0.15, 0.2) is 5.82 Å². The summed E-state index contributed by atoms with van der Waals surface area (Å²) in [7, 11) is 0. The number of carbonyl (C=O) groups is 1. The van der Waals surface area contributed by atoms with Crippen molar-refractivity contribution in [3.63, 3.8) is 0 Å². The van der Waals surface area contributed by atoms with Crippen LogP contribution in [0.5, 0.6) is 0 Å². The third-order valence-electron chi connectivity index (χ3n) is 7.85. The van der Waals surface area contributed by atoms with Gasteiger partial charge in [-0.05, 0) is 56.1 Å². The summed E-state index contributed by atoms with van der Waals surface area (Å²) < 4.78 is 5.95. The molecule has 2 aliphatic heterocycles. The topological polar surface area (TPSA) is 108 Å². The van der Waals surface area contributed by atoms with E-state index in [1.807, 2.05) is 12.1 Å². The van der Waals surface area contributed by atoms with Gasteiger partial charge in [-0.3, -0.25) is 9.69 Å². The van der Waals surface area contributed by atoms with Gasteiger partial charge in [0.1, 0.15) is 0 Å². The van der Waals surface area contributed by atoms with Crippen LogP contribution in [0.4, 0.5) is 16.1 Å². The van der Waals surface area contributed by atoms with E-state index in [4.69, 9.17) is 4.74 Å². The number of nitrogens with one attached hydrogen (secondary N) is 2. The highest BCUT2D eigenvalue weighted by Gasteiger charge is 2.31. The molecular formula is C25H38N8O2S. The highest BCUT2D eigenvalue weighted by molar-refractivity contribution is 7.19. The molecule has 1 amide bonds. The summed E-state index contributed by atoms with van der Waals surface area (Å²) in [6.45, 7) is 8.92. The lowest BCUT2D eigenvalue weighted by Crippen LogP contribution is -2.49.